The molecule has 2 bridgehead atoms. The van der Waals surface area contributed by atoms with E-state index >= 15 is 0 Å². The van der Waals surface area contributed by atoms with Crippen LogP contribution in [0.2, 0.25) is 0 Å². The lowest BCUT2D eigenvalue weighted by Crippen LogP contribution is -2.47. The molecule has 0 spiro atoms. The van der Waals surface area contributed by atoms with Crippen molar-refractivity contribution in [3.63, 3.8) is 0 Å². The van der Waals surface area contributed by atoms with Crippen LogP contribution in [-0.2, 0) is 15.3 Å². The van der Waals surface area contributed by atoms with Gasteiger partial charge < -0.3 is 9.47 Å². The maximum Gasteiger partial charge on any atom is 0.278 e. The van der Waals surface area contributed by atoms with Gasteiger partial charge in [-0.2, -0.15) is 0 Å². The average molecular weight is 364 g/mol. The largest absolute Gasteiger partial charge is 0.452 e. The molecule has 27 heavy (non-hydrogen) atoms. The Morgan fingerprint density at radius 1 is 1.00 bits per heavy atom. The minimum Gasteiger partial charge on any atom is -0.452 e. The van der Waals surface area contributed by atoms with Gasteiger partial charge in [0.15, 0.2) is 5.78 Å². The van der Waals surface area contributed by atoms with Crippen molar-refractivity contribution in [3.05, 3.63) is 76.8 Å². The van der Waals surface area contributed by atoms with Gasteiger partial charge in [0.05, 0.1) is 0 Å². The molecule has 0 N–H and O–H groups in total. The predicted molar refractivity (Wildman–Crippen MR) is 98.6 cm³/mol. The molecule has 2 aromatic carbocycles. The van der Waals surface area contributed by atoms with E-state index in [1.54, 1.807) is 12.1 Å². The summed E-state index contributed by atoms with van der Waals surface area (Å²) in [5, 5.41) is 0. The van der Waals surface area contributed by atoms with E-state index < -0.39 is 5.79 Å². The maximum absolute atomic E-state index is 13.5. The number of para-hydroxylation sites is 1. The van der Waals surface area contributed by atoms with E-state index in [1.165, 1.54) is 12.1 Å². The zero-order valence-corrected chi connectivity index (χ0v) is 15.4. The Morgan fingerprint density at radius 3 is 2.52 bits per heavy atom. The van der Waals surface area contributed by atoms with Crippen LogP contribution in [0.15, 0.2) is 59.9 Å². The van der Waals surface area contributed by atoms with Crippen LogP contribution in [0.1, 0.15) is 50.2 Å². The van der Waals surface area contributed by atoms with Crippen LogP contribution in [0.5, 0.6) is 5.75 Å². The highest BCUT2D eigenvalue weighted by molar-refractivity contribution is 5.99. The molecule has 0 radical (unpaired) electrons. The lowest BCUT2D eigenvalue weighted by atomic mass is 9.68. The van der Waals surface area contributed by atoms with Crippen molar-refractivity contribution in [3.8, 4) is 5.75 Å². The molecule has 0 fully saturated rings. The molecule has 0 amide bonds. The highest BCUT2D eigenvalue weighted by Crippen LogP contribution is 2.57. The number of rotatable bonds is 1. The number of ether oxygens (including phenoxy) is 2. The van der Waals surface area contributed by atoms with Crippen molar-refractivity contribution < 1.29 is 18.7 Å². The molecule has 0 aromatic heterocycles. The zero-order chi connectivity index (χ0) is 18.8. The Labute approximate surface area is 157 Å². The summed E-state index contributed by atoms with van der Waals surface area (Å²) in [6.07, 6.45) is 1.73. The number of carbonyl (C=O) groups is 1. The zero-order valence-electron chi connectivity index (χ0n) is 15.4. The average Bonchev–Trinajstić information content (AvgIpc) is 2.60. The van der Waals surface area contributed by atoms with E-state index in [2.05, 4.69) is 13.8 Å². The van der Waals surface area contributed by atoms with Gasteiger partial charge in [-0.05, 0) is 35.7 Å². The molecule has 5 rings (SSSR count). The molecule has 0 saturated carbocycles. The topological polar surface area (TPSA) is 35.5 Å². The number of ketones is 1. The number of halogens is 1. The third-order valence-electron chi connectivity index (χ3n) is 5.84. The van der Waals surface area contributed by atoms with Crippen molar-refractivity contribution in [2.75, 3.05) is 0 Å². The monoisotopic (exact) mass is 364 g/mol. The van der Waals surface area contributed by atoms with E-state index in [0.717, 1.165) is 28.2 Å². The fourth-order valence-electron chi connectivity index (χ4n) is 4.68. The normalized spacial score (nSPS) is 28.0. The molecule has 138 valence electrons. The molecule has 3 aliphatic rings. The predicted octanol–water partition coefficient (Wildman–Crippen LogP) is 5.22. The SMILES string of the molecule is CC1(C)CC(=O)C2=C(C1)O[C@]1(c3ccc(F)cc3)C[C@H]2c2ccccc2O1. The fraction of sp³-hybridized carbons (Fsp3) is 0.348. The van der Waals surface area contributed by atoms with Gasteiger partial charge in [-0.15, -0.1) is 0 Å². The van der Waals surface area contributed by atoms with Crippen LogP contribution in [0.25, 0.3) is 0 Å². The van der Waals surface area contributed by atoms with Gasteiger partial charge in [-0.25, -0.2) is 4.39 Å². The molecule has 2 aromatic rings. The Kier molecular flexibility index (Phi) is 3.34. The quantitative estimate of drug-likeness (QED) is 0.696. The lowest BCUT2D eigenvalue weighted by molar-refractivity contribution is -0.195. The first kappa shape index (κ1) is 16.5. The highest BCUT2D eigenvalue weighted by Gasteiger charge is 2.53. The van der Waals surface area contributed by atoms with Crippen LogP contribution in [-0.4, -0.2) is 5.78 Å². The number of hydrogen-bond acceptors (Lipinski definition) is 3. The molecular weight excluding hydrogens is 343 g/mol. The van der Waals surface area contributed by atoms with Crippen molar-refractivity contribution >= 4 is 5.78 Å². The standard InChI is InChI=1S/C23H21FO3/c1-22(2)12-18(25)21-17-11-23(27-20(21)13-22,14-7-9-15(24)10-8-14)26-19-6-4-3-5-16(17)19/h3-10,17H,11-13H2,1-2H3/t17-,23-/m0/s1. The fourth-order valence-corrected chi connectivity index (χ4v) is 4.68. The Balaban J connectivity index is 1.72. The first-order valence-electron chi connectivity index (χ1n) is 9.36. The van der Waals surface area contributed by atoms with Crippen LogP contribution in [0.4, 0.5) is 4.39 Å². The molecule has 2 atom stereocenters. The van der Waals surface area contributed by atoms with Gasteiger partial charge >= 0.3 is 0 Å². The first-order valence-corrected chi connectivity index (χ1v) is 9.36. The van der Waals surface area contributed by atoms with Gasteiger partial charge in [0.1, 0.15) is 17.3 Å². The van der Waals surface area contributed by atoms with Crippen molar-refractivity contribution in [1.82, 2.24) is 0 Å². The number of hydrogen-bond donors (Lipinski definition) is 0. The van der Waals surface area contributed by atoms with Gasteiger partial charge in [-0.3, -0.25) is 4.79 Å². The number of benzene rings is 2. The summed E-state index contributed by atoms with van der Waals surface area (Å²) in [5.41, 5.74) is 2.44. The van der Waals surface area contributed by atoms with E-state index in [9.17, 15) is 9.18 Å². The Hall–Kier alpha value is -2.62. The maximum atomic E-state index is 13.5. The summed E-state index contributed by atoms with van der Waals surface area (Å²) < 4.78 is 26.3. The van der Waals surface area contributed by atoms with E-state index in [4.69, 9.17) is 9.47 Å². The minimum absolute atomic E-state index is 0.0626. The lowest BCUT2D eigenvalue weighted by Gasteiger charge is -2.49. The molecule has 4 heteroatoms. The molecule has 3 nitrogen and oxygen atoms in total. The van der Waals surface area contributed by atoms with Gasteiger partial charge in [0, 0.05) is 41.9 Å². The van der Waals surface area contributed by atoms with Gasteiger partial charge in [0.2, 0.25) is 0 Å². The highest BCUT2D eigenvalue weighted by atomic mass is 19.1. The van der Waals surface area contributed by atoms with E-state index in [0.29, 0.717) is 19.3 Å². The van der Waals surface area contributed by atoms with E-state index in [1.807, 2.05) is 24.3 Å². The van der Waals surface area contributed by atoms with Crippen LogP contribution < -0.4 is 4.74 Å². The second kappa shape index (κ2) is 5.44. The second-order valence-electron chi connectivity index (χ2n) is 8.54. The van der Waals surface area contributed by atoms with Crippen LogP contribution >= 0.6 is 0 Å². The summed E-state index contributed by atoms with van der Waals surface area (Å²) in [4.78, 5) is 13.0. The number of allylic oxidation sites excluding steroid dienone is 2. The molecule has 1 aliphatic carbocycles. The summed E-state index contributed by atoms with van der Waals surface area (Å²) in [7, 11) is 0. The molecule has 2 aliphatic heterocycles. The second-order valence-corrected chi connectivity index (χ2v) is 8.54. The molecule has 2 heterocycles. The number of carbonyl (C=O) groups excluding carboxylic acids is 1. The Bertz CT molecular complexity index is 973. The van der Waals surface area contributed by atoms with Crippen molar-refractivity contribution in [2.24, 2.45) is 5.41 Å². The van der Waals surface area contributed by atoms with Crippen molar-refractivity contribution in [2.45, 2.75) is 44.8 Å². The van der Waals surface area contributed by atoms with Gasteiger partial charge in [-0.1, -0.05) is 32.0 Å². The number of Topliss-reactive ketones (excluding diaryl/α,β-unsaturated/α-hetero) is 1. The Morgan fingerprint density at radius 2 is 1.74 bits per heavy atom. The third kappa shape index (κ3) is 2.50. The van der Waals surface area contributed by atoms with Crippen LogP contribution in [0.3, 0.4) is 0 Å². The molecule has 0 saturated heterocycles. The van der Waals surface area contributed by atoms with E-state index in [-0.39, 0.29) is 22.9 Å². The summed E-state index contributed by atoms with van der Waals surface area (Å²) in [6.45, 7) is 4.17. The summed E-state index contributed by atoms with van der Waals surface area (Å²) in [6, 6.07) is 14.1. The van der Waals surface area contributed by atoms with Crippen molar-refractivity contribution in [1.29, 1.82) is 0 Å². The third-order valence-corrected chi connectivity index (χ3v) is 5.84. The van der Waals surface area contributed by atoms with Gasteiger partial charge in [0.25, 0.3) is 5.79 Å². The first-order chi connectivity index (χ1) is 12.9. The smallest absolute Gasteiger partial charge is 0.278 e. The summed E-state index contributed by atoms with van der Waals surface area (Å²) in [5.74, 6) is 0.225. The van der Waals surface area contributed by atoms with Crippen LogP contribution in [0, 0.1) is 11.2 Å². The summed E-state index contributed by atoms with van der Waals surface area (Å²) >= 11 is 0. The number of fused-ring (bicyclic) bond motifs is 5. The minimum atomic E-state index is -1.03. The molecular formula is C23H21FO3. The molecule has 0 unspecified atom stereocenters.